The molecule has 0 aliphatic heterocycles. The van der Waals surface area contributed by atoms with Gasteiger partial charge in [-0.15, -0.1) is 11.3 Å². The molecule has 2 aromatic rings. The molecule has 1 atom stereocenters. The van der Waals surface area contributed by atoms with Crippen LogP contribution in [0.5, 0.6) is 17.2 Å². The van der Waals surface area contributed by atoms with Crippen molar-refractivity contribution in [2.24, 2.45) is 0 Å². The molecule has 1 aromatic heterocycles. The lowest BCUT2D eigenvalue weighted by Crippen LogP contribution is -2.17. The van der Waals surface area contributed by atoms with Gasteiger partial charge in [-0.25, -0.2) is 0 Å². The second-order valence-electron chi connectivity index (χ2n) is 4.22. The first kappa shape index (κ1) is 14.7. The monoisotopic (exact) mass is 293 g/mol. The Kier molecular flexibility index (Phi) is 4.87. The molecule has 0 amide bonds. The summed E-state index contributed by atoms with van der Waals surface area (Å²) in [5, 5.41) is 5.31. The molecule has 108 valence electrons. The topological polar surface area (TPSA) is 39.7 Å². The molecule has 0 radical (unpaired) electrons. The molecular formula is C15H19NO3S. The highest BCUT2D eigenvalue weighted by Gasteiger charge is 2.19. The number of ether oxygens (including phenoxy) is 3. The van der Waals surface area contributed by atoms with Crippen LogP contribution in [0.2, 0.25) is 0 Å². The predicted octanol–water partition coefficient (Wildman–Crippen LogP) is 3.08. The van der Waals surface area contributed by atoms with E-state index in [2.05, 4.69) is 5.32 Å². The van der Waals surface area contributed by atoms with Crippen LogP contribution in [0.3, 0.4) is 0 Å². The van der Waals surface area contributed by atoms with Crippen LogP contribution < -0.4 is 19.5 Å². The summed E-state index contributed by atoms with van der Waals surface area (Å²) < 4.78 is 16.0. The summed E-state index contributed by atoms with van der Waals surface area (Å²) in [4.78, 5) is 1.16. The molecule has 20 heavy (non-hydrogen) atoms. The largest absolute Gasteiger partial charge is 0.497 e. The van der Waals surface area contributed by atoms with Gasteiger partial charge < -0.3 is 19.5 Å². The van der Waals surface area contributed by atoms with Crippen LogP contribution in [0.4, 0.5) is 0 Å². The van der Waals surface area contributed by atoms with Crippen molar-refractivity contribution < 1.29 is 14.2 Å². The van der Waals surface area contributed by atoms with Gasteiger partial charge in [0.1, 0.15) is 17.2 Å². The first-order valence-corrected chi connectivity index (χ1v) is 7.13. The van der Waals surface area contributed by atoms with Crippen LogP contribution in [0, 0.1) is 0 Å². The lowest BCUT2D eigenvalue weighted by atomic mass is 10.0. The Labute approximate surface area is 123 Å². The van der Waals surface area contributed by atoms with Gasteiger partial charge in [0, 0.05) is 15.8 Å². The summed E-state index contributed by atoms with van der Waals surface area (Å²) in [5.41, 5.74) is 1.04. The highest BCUT2D eigenvalue weighted by Crippen LogP contribution is 2.36. The zero-order valence-electron chi connectivity index (χ0n) is 12.1. The minimum Gasteiger partial charge on any atom is -0.497 e. The second kappa shape index (κ2) is 6.63. The maximum Gasteiger partial charge on any atom is 0.129 e. The van der Waals surface area contributed by atoms with Crippen molar-refractivity contribution in [3.63, 3.8) is 0 Å². The molecule has 0 fully saturated rings. The number of thiophene rings is 1. The van der Waals surface area contributed by atoms with Crippen LogP contribution >= 0.6 is 11.3 Å². The highest BCUT2D eigenvalue weighted by molar-refractivity contribution is 7.10. The summed E-state index contributed by atoms with van der Waals surface area (Å²) in [7, 11) is 6.93. The molecule has 0 aliphatic rings. The number of hydrogen-bond acceptors (Lipinski definition) is 5. The maximum atomic E-state index is 5.46. The van der Waals surface area contributed by atoms with Gasteiger partial charge >= 0.3 is 0 Å². The smallest absolute Gasteiger partial charge is 0.129 e. The fraction of sp³-hybridized carbons (Fsp3) is 0.333. The number of methoxy groups -OCH3 is 3. The normalized spacial score (nSPS) is 12.0. The van der Waals surface area contributed by atoms with Crippen molar-refractivity contribution in [3.05, 3.63) is 40.1 Å². The Morgan fingerprint density at radius 1 is 1.00 bits per heavy atom. The third-order valence-corrected chi connectivity index (χ3v) is 4.13. The lowest BCUT2D eigenvalue weighted by Gasteiger charge is -2.19. The molecule has 0 saturated heterocycles. The second-order valence-corrected chi connectivity index (χ2v) is 5.16. The molecule has 0 spiro atoms. The quantitative estimate of drug-likeness (QED) is 0.888. The van der Waals surface area contributed by atoms with Crippen molar-refractivity contribution >= 4 is 11.3 Å². The third-order valence-electron chi connectivity index (χ3n) is 3.15. The molecular weight excluding hydrogens is 274 g/mol. The first-order chi connectivity index (χ1) is 9.73. The van der Waals surface area contributed by atoms with Crippen molar-refractivity contribution in [1.82, 2.24) is 5.32 Å². The SMILES string of the molecule is CNC(c1cc(OC)cs1)c1cc(OC)ccc1OC. The number of hydrogen-bond donors (Lipinski definition) is 1. The molecule has 0 saturated carbocycles. The molecule has 2 rings (SSSR count). The molecule has 4 nitrogen and oxygen atoms in total. The fourth-order valence-electron chi connectivity index (χ4n) is 2.11. The summed E-state index contributed by atoms with van der Waals surface area (Å²) in [6.45, 7) is 0. The summed E-state index contributed by atoms with van der Waals surface area (Å²) >= 11 is 1.65. The summed E-state index contributed by atoms with van der Waals surface area (Å²) in [6.07, 6.45) is 0. The molecule has 0 bridgehead atoms. The number of rotatable bonds is 6. The van der Waals surface area contributed by atoms with Gasteiger partial charge in [0.25, 0.3) is 0 Å². The molecule has 1 unspecified atom stereocenters. The minimum atomic E-state index is 0.0361. The maximum absolute atomic E-state index is 5.46. The number of benzene rings is 1. The van der Waals surface area contributed by atoms with Crippen molar-refractivity contribution in [3.8, 4) is 17.2 Å². The van der Waals surface area contributed by atoms with Crippen LogP contribution in [0.1, 0.15) is 16.5 Å². The van der Waals surface area contributed by atoms with Crippen LogP contribution in [-0.2, 0) is 0 Å². The van der Waals surface area contributed by atoms with Gasteiger partial charge in [-0.05, 0) is 31.3 Å². The Balaban J connectivity index is 2.44. The Hall–Kier alpha value is -1.72. The van der Waals surface area contributed by atoms with Crippen LogP contribution in [0.15, 0.2) is 29.6 Å². The summed E-state index contributed by atoms with van der Waals surface area (Å²) in [5.74, 6) is 2.51. The van der Waals surface area contributed by atoms with E-state index in [0.717, 1.165) is 27.7 Å². The Morgan fingerprint density at radius 2 is 1.75 bits per heavy atom. The Bertz CT molecular complexity index is 568. The van der Waals surface area contributed by atoms with E-state index in [-0.39, 0.29) is 6.04 Å². The third kappa shape index (κ3) is 2.89. The van der Waals surface area contributed by atoms with E-state index in [4.69, 9.17) is 14.2 Å². The zero-order chi connectivity index (χ0) is 14.5. The van der Waals surface area contributed by atoms with Crippen molar-refractivity contribution in [1.29, 1.82) is 0 Å². The molecule has 0 aliphatic carbocycles. The van der Waals surface area contributed by atoms with Gasteiger partial charge in [-0.3, -0.25) is 0 Å². The molecule has 1 N–H and O–H groups in total. The lowest BCUT2D eigenvalue weighted by molar-refractivity contribution is 0.395. The van der Waals surface area contributed by atoms with Crippen molar-refractivity contribution in [2.75, 3.05) is 28.4 Å². The average molecular weight is 293 g/mol. The van der Waals surface area contributed by atoms with Gasteiger partial charge in [0.15, 0.2) is 0 Å². The fourth-order valence-corrected chi connectivity index (χ4v) is 3.09. The highest BCUT2D eigenvalue weighted by atomic mass is 32.1. The Morgan fingerprint density at radius 3 is 2.30 bits per heavy atom. The van der Waals surface area contributed by atoms with Gasteiger partial charge in [0.05, 0.1) is 27.4 Å². The van der Waals surface area contributed by atoms with E-state index in [0.29, 0.717) is 0 Å². The van der Waals surface area contributed by atoms with Crippen molar-refractivity contribution in [2.45, 2.75) is 6.04 Å². The van der Waals surface area contributed by atoms with Gasteiger partial charge in [0.2, 0.25) is 0 Å². The van der Waals surface area contributed by atoms with Gasteiger partial charge in [-0.2, -0.15) is 0 Å². The van der Waals surface area contributed by atoms with Crippen LogP contribution in [-0.4, -0.2) is 28.4 Å². The summed E-state index contributed by atoms with van der Waals surface area (Å²) in [6, 6.07) is 7.87. The van der Waals surface area contributed by atoms with Crippen LogP contribution in [0.25, 0.3) is 0 Å². The van der Waals surface area contributed by atoms with E-state index in [1.165, 1.54) is 0 Å². The molecule has 1 aromatic carbocycles. The van der Waals surface area contributed by atoms with E-state index in [9.17, 15) is 0 Å². The van der Waals surface area contributed by atoms with E-state index < -0.39 is 0 Å². The molecule has 5 heteroatoms. The molecule has 1 heterocycles. The minimum absolute atomic E-state index is 0.0361. The number of nitrogens with one attached hydrogen (secondary N) is 1. The zero-order valence-corrected chi connectivity index (χ0v) is 12.9. The predicted molar refractivity (Wildman–Crippen MR) is 81.3 cm³/mol. The van der Waals surface area contributed by atoms with E-state index >= 15 is 0 Å². The van der Waals surface area contributed by atoms with E-state index in [1.54, 1.807) is 32.7 Å². The standard InChI is InChI=1S/C15H19NO3S/c1-16-15(14-8-11(18-3)9-20-14)12-7-10(17-2)5-6-13(12)19-4/h5-9,15-16H,1-4H3. The average Bonchev–Trinajstić information content (AvgIpc) is 2.96. The van der Waals surface area contributed by atoms with Gasteiger partial charge in [-0.1, -0.05) is 0 Å². The van der Waals surface area contributed by atoms with E-state index in [1.807, 2.05) is 36.7 Å². The first-order valence-electron chi connectivity index (χ1n) is 6.25.